The molecule has 5 rings (SSSR count). The lowest BCUT2D eigenvalue weighted by Crippen LogP contribution is -3.00. The maximum atomic E-state index is 14.1. The molecule has 0 saturated carbocycles. The highest BCUT2D eigenvalue weighted by molar-refractivity contribution is 6.15. The van der Waals surface area contributed by atoms with Crippen molar-refractivity contribution in [1.82, 2.24) is 18.9 Å². The zero-order valence-electron chi connectivity index (χ0n) is 27.6. The van der Waals surface area contributed by atoms with Crippen LogP contribution in [0, 0.1) is 0 Å². The van der Waals surface area contributed by atoms with E-state index in [0.717, 1.165) is 11.1 Å². The molecule has 3 aromatic rings. The van der Waals surface area contributed by atoms with Crippen LogP contribution in [0.5, 0.6) is 11.6 Å². The molecule has 1 aliphatic heterocycles. The zero-order chi connectivity index (χ0) is 32.8. The number of hydrogen-bond donors (Lipinski definition) is 2. The van der Waals surface area contributed by atoms with E-state index < -0.39 is 16.7 Å². The first kappa shape index (κ1) is 34.8. The highest BCUT2D eigenvalue weighted by Crippen LogP contribution is 2.36. The molecule has 0 saturated heterocycles. The third-order valence-corrected chi connectivity index (χ3v) is 8.18. The van der Waals surface area contributed by atoms with Gasteiger partial charge in [0.05, 0.1) is 37.4 Å². The molecule has 246 valence electrons. The Morgan fingerprint density at radius 2 is 1.41 bits per heavy atom. The first-order chi connectivity index (χ1) is 21.2. The predicted octanol–water partition coefficient (Wildman–Crippen LogP) is -1.45. The predicted molar refractivity (Wildman–Crippen MR) is 178 cm³/mol. The van der Waals surface area contributed by atoms with E-state index in [1.165, 1.54) is 9.13 Å². The quantitative estimate of drug-likeness (QED) is 0.133. The normalized spacial score (nSPS) is 12.8. The highest BCUT2D eigenvalue weighted by atomic mass is 35.5. The lowest BCUT2D eigenvalue weighted by atomic mass is 9.90. The summed E-state index contributed by atoms with van der Waals surface area (Å²) in [5.41, 5.74) is 1.21. The molecule has 0 bridgehead atoms. The van der Waals surface area contributed by atoms with Crippen molar-refractivity contribution in [3.63, 3.8) is 0 Å². The number of nitrogens with zero attached hydrogens (tertiary/aromatic N) is 6. The molecule has 0 atom stereocenters. The fourth-order valence-corrected chi connectivity index (χ4v) is 5.93. The number of aromatic hydroxyl groups is 2. The van der Waals surface area contributed by atoms with Crippen LogP contribution < -0.4 is 34.4 Å². The number of phenolic OH excluding ortho intramolecular Hbond substituents is 1. The molecule has 0 radical (unpaired) electrons. The Labute approximate surface area is 273 Å². The molecule has 2 aliphatic rings. The van der Waals surface area contributed by atoms with Crippen LogP contribution in [-0.4, -0.2) is 103 Å². The summed E-state index contributed by atoms with van der Waals surface area (Å²) in [7, 11) is 13.7. The van der Waals surface area contributed by atoms with E-state index in [1.807, 2.05) is 50.1 Å². The average Bonchev–Trinajstić information content (AvgIpc) is 2.95. The van der Waals surface area contributed by atoms with Gasteiger partial charge in [0.1, 0.15) is 12.3 Å². The van der Waals surface area contributed by atoms with Gasteiger partial charge in [0.15, 0.2) is 0 Å². The van der Waals surface area contributed by atoms with E-state index >= 15 is 0 Å². The molecule has 46 heavy (non-hydrogen) atoms. The molecule has 1 aliphatic carbocycles. The lowest BCUT2D eigenvalue weighted by molar-refractivity contribution is -0.884. The third-order valence-electron chi connectivity index (χ3n) is 8.18. The summed E-state index contributed by atoms with van der Waals surface area (Å²) in [4.78, 5) is 50.2. The van der Waals surface area contributed by atoms with Gasteiger partial charge in [-0.15, -0.1) is 0 Å². The van der Waals surface area contributed by atoms with Crippen LogP contribution in [0.3, 0.4) is 0 Å². The molecule has 0 spiro atoms. The molecule has 2 aromatic carbocycles. The number of rotatable bonds is 11. The lowest BCUT2D eigenvalue weighted by Gasteiger charge is -2.24. The summed E-state index contributed by atoms with van der Waals surface area (Å²) in [6.45, 7) is 2.46. The smallest absolute Gasteiger partial charge is 0.263 e. The average molecular weight is 651 g/mol. The van der Waals surface area contributed by atoms with Gasteiger partial charge in [-0.05, 0) is 70.5 Å². The number of likely N-dealkylation sites (N-methyl/N-ethyl adjacent to an activating group) is 2. The maximum absolute atomic E-state index is 14.1. The molecule has 0 unspecified atom stereocenters. The van der Waals surface area contributed by atoms with E-state index in [2.05, 4.69) is 21.1 Å². The minimum atomic E-state index is -0.444. The van der Waals surface area contributed by atoms with Crippen molar-refractivity contribution in [2.75, 3.05) is 69.0 Å². The van der Waals surface area contributed by atoms with Crippen molar-refractivity contribution >= 4 is 21.5 Å². The molecule has 0 fully saturated rings. The Kier molecular flexibility index (Phi) is 10.1. The summed E-state index contributed by atoms with van der Waals surface area (Å²) in [5, 5.41) is 23.5. The van der Waals surface area contributed by atoms with Gasteiger partial charge in [-0.25, -0.2) is 0 Å². The molecule has 2 heterocycles. The van der Waals surface area contributed by atoms with Crippen LogP contribution in [0.2, 0.25) is 0 Å². The summed E-state index contributed by atoms with van der Waals surface area (Å²) < 4.78 is 3.24. The summed E-state index contributed by atoms with van der Waals surface area (Å²) >= 11 is 0. The van der Waals surface area contributed by atoms with Gasteiger partial charge >= 0.3 is 0 Å². The van der Waals surface area contributed by atoms with Crippen molar-refractivity contribution < 1.29 is 27.1 Å². The van der Waals surface area contributed by atoms with Gasteiger partial charge in [-0.3, -0.25) is 28.5 Å². The Morgan fingerprint density at radius 3 is 2.04 bits per heavy atom. The van der Waals surface area contributed by atoms with Crippen molar-refractivity contribution in [3.8, 4) is 22.8 Å². The van der Waals surface area contributed by atoms with E-state index in [4.69, 9.17) is 4.99 Å². The van der Waals surface area contributed by atoms with Crippen molar-refractivity contribution in [3.05, 3.63) is 83.9 Å². The van der Waals surface area contributed by atoms with Crippen molar-refractivity contribution in [2.45, 2.75) is 26.1 Å². The Hall–Kier alpha value is -4.03. The van der Waals surface area contributed by atoms with Crippen LogP contribution in [0.4, 0.5) is 0 Å². The van der Waals surface area contributed by atoms with Gasteiger partial charge in [-0.2, -0.15) is 0 Å². The number of phenols is 1. The van der Waals surface area contributed by atoms with Crippen LogP contribution >= 0.6 is 0 Å². The van der Waals surface area contributed by atoms with Crippen molar-refractivity contribution in [1.29, 1.82) is 0 Å². The van der Waals surface area contributed by atoms with Gasteiger partial charge in [0.25, 0.3) is 16.7 Å². The number of pyridine rings is 2. The first-order valence-electron chi connectivity index (χ1n) is 15.1. The van der Waals surface area contributed by atoms with Crippen LogP contribution in [0.15, 0.2) is 55.8 Å². The largest absolute Gasteiger partial charge is 1.00 e. The topological polar surface area (TPSA) is 120 Å². The van der Waals surface area contributed by atoms with Gasteiger partial charge in [0, 0.05) is 60.0 Å². The number of quaternary nitrogens is 1. The first-order valence-corrected chi connectivity index (χ1v) is 15.1. The second-order valence-electron chi connectivity index (χ2n) is 13.4. The van der Waals surface area contributed by atoms with E-state index in [-0.39, 0.29) is 42.5 Å². The molecule has 12 heteroatoms. The number of aromatic nitrogens is 2. The fourth-order valence-electron chi connectivity index (χ4n) is 5.93. The van der Waals surface area contributed by atoms with E-state index in [1.54, 1.807) is 24.3 Å². The van der Waals surface area contributed by atoms with E-state index in [0.29, 0.717) is 69.7 Å². The van der Waals surface area contributed by atoms with E-state index in [9.17, 15) is 24.6 Å². The Bertz CT molecular complexity index is 2080. The van der Waals surface area contributed by atoms with Crippen LogP contribution in [0.25, 0.3) is 32.7 Å². The molecule has 11 nitrogen and oxygen atoms in total. The van der Waals surface area contributed by atoms with Crippen molar-refractivity contribution in [2.24, 2.45) is 4.99 Å². The maximum Gasteiger partial charge on any atom is 0.263 e. The second-order valence-corrected chi connectivity index (χ2v) is 13.4. The Balaban J connectivity index is 0.00000480. The van der Waals surface area contributed by atoms with Crippen LogP contribution in [0.1, 0.15) is 11.1 Å². The molecular weight excluding hydrogens is 608 g/mol. The van der Waals surface area contributed by atoms with Gasteiger partial charge < -0.3 is 36.9 Å². The number of benzene rings is 3. The summed E-state index contributed by atoms with van der Waals surface area (Å²) in [6.07, 6.45) is 0.543. The SMILES string of the molecule is CN(C)CCn1c(O)c2ccc3c4c2c(c(=NCCc2ccc(O)c(C[N+](C)(C)C)c2)cc-4c(=O)n(CCN(C)C)c3=O)c1=O.[Cl-]. The standard InChI is InChI=1S/C34H42N6O5.ClH/c1-36(2)14-16-38-31(42)23-9-10-24-29-28(23)25(33(38)44)19-26(30(29)34(45)39(32(24)43)17-15-37(3)4)35-13-12-21-8-11-27(41)22(18-21)20-40(5,6)7;/h8-11,18-19H,12-17,20H2,1-7H3,(H-,35,41,43,45);1H. The van der Waals surface area contributed by atoms with Crippen LogP contribution in [-0.2, 0) is 26.1 Å². The minimum absolute atomic E-state index is 0. The minimum Gasteiger partial charge on any atom is -1.00 e. The summed E-state index contributed by atoms with van der Waals surface area (Å²) in [5.74, 6) is 0.0456. The van der Waals surface area contributed by atoms with Gasteiger partial charge in [0.2, 0.25) is 5.88 Å². The molecule has 0 amide bonds. The number of halogens is 1. The monoisotopic (exact) mass is 650 g/mol. The molecule has 1 aromatic heterocycles. The van der Waals surface area contributed by atoms with Gasteiger partial charge in [-0.1, -0.05) is 6.07 Å². The third kappa shape index (κ3) is 6.73. The molecular formula is C34H43ClN6O5. The summed E-state index contributed by atoms with van der Waals surface area (Å²) in [6, 6.07) is 10.5. The second kappa shape index (κ2) is 13.4. The zero-order valence-corrected chi connectivity index (χ0v) is 28.4. The number of hydrogen-bond acceptors (Lipinski definition) is 8. The Morgan fingerprint density at radius 1 is 0.783 bits per heavy atom. The molecule has 2 N–H and O–H groups in total. The fraction of sp³-hybridized carbons (Fsp3) is 0.412. The highest BCUT2D eigenvalue weighted by Gasteiger charge is 2.26.